The molecule has 0 spiro atoms. The summed E-state index contributed by atoms with van der Waals surface area (Å²) in [4.78, 5) is 0. The molecule has 1 N–H and O–H groups in total. The van der Waals surface area contributed by atoms with Crippen LogP contribution in [0, 0.1) is 0 Å². The molecule has 0 amide bonds. The summed E-state index contributed by atoms with van der Waals surface area (Å²) in [6.07, 6.45) is 9.79. The van der Waals surface area contributed by atoms with Gasteiger partial charge in [-0.2, -0.15) is 0 Å². The summed E-state index contributed by atoms with van der Waals surface area (Å²) in [5.41, 5.74) is 3.47. The maximum absolute atomic E-state index is 3.52. The zero-order valence-corrected chi connectivity index (χ0v) is 6.64. The van der Waals surface area contributed by atoms with Gasteiger partial charge in [-0.3, -0.25) is 0 Å². The minimum atomic E-state index is 0.861. The SMILES string of the molecule is C1=CCC2=C(C1)CC1NC1C2. The number of hydrogen-bond acceptors (Lipinski definition) is 1. The van der Waals surface area contributed by atoms with E-state index in [1.54, 1.807) is 11.1 Å². The van der Waals surface area contributed by atoms with Gasteiger partial charge in [-0.1, -0.05) is 23.3 Å². The van der Waals surface area contributed by atoms with Crippen LogP contribution >= 0.6 is 0 Å². The molecule has 3 rings (SSSR count). The van der Waals surface area contributed by atoms with Crippen molar-refractivity contribution in [2.45, 2.75) is 37.8 Å². The highest BCUT2D eigenvalue weighted by atomic mass is 15.1. The van der Waals surface area contributed by atoms with E-state index in [1.807, 2.05) is 0 Å². The lowest BCUT2D eigenvalue weighted by atomic mass is 9.85. The van der Waals surface area contributed by atoms with Crippen molar-refractivity contribution in [3.63, 3.8) is 0 Å². The van der Waals surface area contributed by atoms with Crippen molar-refractivity contribution in [1.29, 1.82) is 0 Å². The Balaban J connectivity index is 1.89. The highest BCUT2D eigenvalue weighted by Gasteiger charge is 2.40. The molecule has 2 atom stereocenters. The number of hydrogen-bond donors (Lipinski definition) is 1. The molecule has 0 bridgehead atoms. The first-order chi connectivity index (χ1) is 5.43. The van der Waals surface area contributed by atoms with Crippen molar-refractivity contribution in [1.82, 2.24) is 5.32 Å². The van der Waals surface area contributed by atoms with Crippen LogP contribution in [0.25, 0.3) is 0 Å². The Morgan fingerprint density at radius 2 is 1.55 bits per heavy atom. The first kappa shape index (κ1) is 6.01. The van der Waals surface area contributed by atoms with E-state index in [0.29, 0.717) is 0 Å². The molecular formula is C10H13N. The van der Waals surface area contributed by atoms with E-state index in [0.717, 1.165) is 12.1 Å². The number of rotatable bonds is 0. The number of nitrogens with one attached hydrogen (secondary N) is 1. The Bertz CT molecular complexity index is 226. The standard InChI is InChI=1S/C10H13N/c1-2-4-8-6-10-9(11-10)5-7(8)3-1/h1-2,9-11H,3-6H2. The summed E-state index contributed by atoms with van der Waals surface area (Å²) in [6, 6.07) is 1.72. The summed E-state index contributed by atoms with van der Waals surface area (Å²) >= 11 is 0. The Hall–Kier alpha value is -0.560. The molecule has 0 aromatic carbocycles. The predicted molar refractivity (Wildman–Crippen MR) is 45.3 cm³/mol. The van der Waals surface area contributed by atoms with Gasteiger partial charge in [-0.05, 0) is 25.7 Å². The lowest BCUT2D eigenvalue weighted by Gasteiger charge is -2.19. The largest absolute Gasteiger partial charge is 0.307 e. The van der Waals surface area contributed by atoms with Crippen LogP contribution in [0.1, 0.15) is 25.7 Å². The third-order valence-electron chi connectivity index (χ3n) is 3.13. The highest BCUT2D eigenvalue weighted by molar-refractivity contribution is 5.32. The second-order valence-electron chi connectivity index (χ2n) is 3.87. The van der Waals surface area contributed by atoms with Gasteiger partial charge in [-0.25, -0.2) is 0 Å². The van der Waals surface area contributed by atoms with E-state index in [9.17, 15) is 0 Å². The second-order valence-corrected chi connectivity index (χ2v) is 3.87. The second kappa shape index (κ2) is 1.98. The van der Waals surface area contributed by atoms with Gasteiger partial charge in [0.05, 0.1) is 0 Å². The maximum atomic E-state index is 3.52. The minimum absolute atomic E-state index is 0.861. The van der Waals surface area contributed by atoms with Crippen molar-refractivity contribution in [3.05, 3.63) is 23.3 Å². The van der Waals surface area contributed by atoms with Crippen LogP contribution in [0.3, 0.4) is 0 Å². The molecule has 2 aliphatic carbocycles. The average molecular weight is 147 g/mol. The quantitative estimate of drug-likeness (QED) is 0.409. The van der Waals surface area contributed by atoms with E-state index in [2.05, 4.69) is 17.5 Å². The van der Waals surface area contributed by atoms with Crippen molar-refractivity contribution in [2.24, 2.45) is 0 Å². The first-order valence-electron chi connectivity index (χ1n) is 4.54. The smallest absolute Gasteiger partial charge is 0.0265 e. The van der Waals surface area contributed by atoms with Crippen molar-refractivity contribution >= 4 is 0 Å². The van der Waals surface area contributed by atoms with Crippen LogP contribution in [-0.2, 0) is 0 Å². The predicted octanol–water partition coefficient (Wildman–Crippen LogP) is 1.77. The topological polar surface area (TPSA) is 21.9 Å². The normalized spacial score (nSPS) is 40.0. The summed E-state index contributed by atoms with van der Waals surface area (Å²) in [6.45, 7) is 0. The molecular weight excluding hydrogens is 134 g/mol. The molecule has 3 aliphatic rings. The van der Waals surface area contributed by atoms with E-state index < -0.39 is 0 Å². The molecule has 0 aromatic rings. The molecule has 0 saturated carbocycles. The monoisotopic (exact) mass is 147 g/mol. The summed E-state index contributed by atoms with van der Waals surface area (Å²) in [5, 5.41) is 3.52. The third kappa shape index (κ3) is 0.875. The van der Waals surface area contributed by atoms with Crippen LogP contribution in [0.2, 0.25) is 0 Å². The van der Waals surface area contributed by atoms with Crippen LogP contribution in [0.15, 0.2) is 23.3 Å². The van der Waals surface area contributed by atoms with Crippen LogP contribution < -0.4 is 5.32 Å². The fourth-order valence-corrected chi connectivity index (χ4v) is 2.35. The lowest BCUT2D eigenvalue weighted by molar-refractivity contribution is 0.733. The molecule has 1 fully saturated rings. The Kier molecular flexibility index (Phi) is 1.08. The van der Waals surface area contributed by atoms with Crippen LogP contribution in [-0.4, -0.2) is 12.1 Å². The van der Waals surface area contributed by atoms with Crippen LogP contribution in [0.4, 0.5) is 0 Å². The number of allylic oxidation sites excluding steroid dienone is 2. The van der Waals surface area contributed by atoms with Gasteiger partial charge < -0.3 is 5.32 Å². The first-order valence-corrected chi connectivity index (χ1v) is 4.54. The fourth-order valence-electron chi connectivity index (χ4n) is 2.35. The van der Waals surface area contributed by atoms with Crippen molar-refractivity contribution in [2.75, 3.05) is 0 Å². The lowest BCUT2D eigenvalue weighted by Crippen LogP contribution is -2.09. The minimum Gasteiger partial charge on any atom is -0.307 e. The van der Waals surface area contributed by atoms with E-state index >= 15 is 0 Å². The molecule has 1 nitrogen and oxygen atoms in total. The molecule has 1 heteroatoms. The summed E-state index contributed by atoms with van der Waals surface area (Å²) < 4.78 is 0. The van der Waals surface area contributed by atoms with Gasteiger partial charge >= 0.3 is 0 Å². The molecule has 2 unspecified atom stereocenters. The van der Waals surface area contributed by atoms with Gasteiger partial charge in [0.1, 0.15) is 0 Å². The molecule has 1 heterocycles. The molecule has 0 radical (unpaired) electrons. The Morgan fingerprint density at radius 3 is 2.09 bits per heavy atom. The Labute approximate surface area is 67.2 Å². The average Bonchev–Trinajstić information content (AvgIpc) is 2.77. The van der Waals surface area contributed by atoms with Crippen LogP contribution in [0.5, 0.6) is 0 Å². The van der Waals surface area contributed by atoms with E-state index in [-0.39, 0.29) is 0 Å². The Morgan fingerprint density at radius 1 is 1.00 bits per heavy atom. The zero-order chi connectivity index (χ0) is 7.26. The van der Waals surface area contributed by atoms with Gasteiger partial charge in [-0.15, -0.1) is 0 Å². The fraction of sp³-hybridized carbons (Fsp3) is 0.600. The summed E-state index contributed by atoms with van der Waals surface area (Å²) in [7, 11) is 0. The van der Waals surface area contributed by atoms with Gasteiger partial charge in [0.2, 0.25) is 0 Å². The van der Waals surface area contributed by atoms with E-state index in [1.165, 1.54) is 25.7 Å². The zero-order valence-electron chi connectivity index (χ0n) is 6.64. The maximum Gasteiger partial charge on any atom is 0.0265 e. The molecule has 0 aromatic heterocycles. The molecule has 1 saturated heterocycles. The van der Waals surface area contributed by atoms with Crippen molar-refractivity contribution in [3.8, 4) is 0 Å². The van der Waals surface area contributed by atoms with Crippen molar-refractivity contribution < 1.29 is 0 Å². The van der Waals surface area contributed by atoms with Gasteiger partial charge in [0, 0.05) is 12.1 Å². The van der Waals surface area contributed by atoms with E-state index in [4.69, 9.17) is 0 Å². The summed E-state index contributed by atoms with van der Waals surface area (Å²) in [5.74, 6) is 0. The third-order valence-corrected chi connectivity index (χ3v) is 3.13. The van der Waals surface area contributed by atoms with Gasteiger partial charge in [0.25, 0.3) is 0 Å². The number of fused-ring (bicyclic) bond motifs is 1. The molecule has 58 valence electrons. The van der Waals surface area contributed by atoms with Gasteiger partial charge in [0.15, 0.2) is 0 Å². The molecule has 11 heavy (non-hydrogen) atoms. The molecule has 1 aliphatic heterocycles. The highest BCUT2D eigenvalue weighted by Crippen LogP contribution is 2.38.